The third kappa shape index (κ3) is 3.45. The first-order chi connectivity index (χ1) is 9.81. The summed E-state index contributed by atoms with van der Waals surface area (Å²) in [5, 5.41) is 2.66. The molecule has 0 radical (unpaired) electrons. The average Bonchev–Trinajstić information content (AvgIpc) is 2.46. The van der Waals surface area contributed by atoms with Gasteiger partial charge in [0.15, 0.2) is 0 Å². The van der Waals surface area contributed by atoms with Crippen LogP contribution in [-0.2, 0) is 6.18 Å². The van der Waals surface area contributed by atoms with E-state index in [1.165, 1.54) is 0 Å². The van der Waals surface area contributed by atoms with Crippen LogP contribution in [0.15, 0.2) is 36.4 Å². The third-order valence-electron chi connectivity index (χ3n) is 3.09. The summed E-state index contributed by atoms with van der Waals surface area (Å²) in [7, 11) is 5.34. The van der Waals surface area contributed by atoms with Gasteiger partial charge in [-0.2, -0.15) is 13.2 Å². The molecular formula is C15H16F3N3. The number of hydrogen-bond acceptors (Lipinski definition) is 3. The van der Waals surface area contributed by atoms with Crippen molar-refractivity contribution in [3.05, 3.63) is 42.0 Å². The number of rotatable bonds is 3. The molecule has 0 aliphatic heterocycles. The number of aromatic nitrogens is 1. The fourth-order valence-corrected chi connectivity index (χ4v) is 1.90. The quantitative estimate of drug-likeness (QED) is 0.931. The minimum atomic E-state index is -4.40. The van der Waals surface area contributed by atoms with Gasteiger partial charge >= 0.3 is 6.18 Å². The summed E-state index contributed by atoms with van der Waals surface area (Å²) >= 11 is 0. The first-order valence-electron chi connectivity index (χ1n) is 6.36. The maximum Gasteiger partial charge on any atom is 0.416 e. The fourth-order valence-electron chi connectivity index (χ4n) is 1.90. The van der Waals surface area contributed by atoms with E-state index in [-0.39, 0.29) is 5.82 Å². The normalized spacial score (nSPS) is 11.3. The third-order valence-corrected chi connectivity index (χ3v) is 3.09. The van der Waals surface area contributed by atoms with Gasteiger partial charge in [0, 0.05) is 32.4 Å². The van der Waals surface area contributed by atoms with Crippen molar-refractivity contribution >= 4 is 11.5 Å². The average molecular weight is 295 g/mol. The van der Waals surface area contributed by atoms with Crippen LogP contribution in [0.3, 0.4) is 0 Å². The van der Waals surface area contributed by atoms with E-state index < -0.39 is 11.7 Å². The molecule has 0 atom stereocenters. The van der Waals surface area contributed by atoms with Crippen molar-refractivity contribution in [2.45, 2.75) is 6.18 Å². The Kier molecular flexibility index (Phi) is 4.06. The molecule has 0 amide bonds. The first-order valence-corrected chi connectivity index (χ1v) is 6.36. The zero-order valence-electron chi connectivity index (χ0n) is 12.0. The maximum atomic E-state index is 12.9. The smallest absolute Gasteiger partial charge is 0.378 e. The van der Waals surface area contributed by atoms with Gasteiger partial charge in [0.2, 0.25) is 0 Å². The van der Waals surface area contributed by atoms with Gasteiger partial charge in [-0.05, 0) is 24.3 Å². The summed E-state index contributed by atoms with van der Waals surface area (Å²) in [6, 6.07) is 9.27. The Morgan fingerprint density at radius 1 is 1.05 bits per heavy atom. The van der Waals surface area contributed by atoms with Crippen LogP contribution in [0.2, 0.25) is 0 Å². The highest BCUT2D eigenvalue weighted by Gasteiger charge is 2.31. The molecule has 1 N–H and O–H groups in total. The van der Waals surface area contributed by atoms with Gasteiger partial charge in [-0.3, -0.25) is 0 Å². The number of halogens is 3. The molecule has 0 fully saturated rings. The lowest BCUT2D eigenvalue weighted by molar-refractivity contribution is -0.137. The van der Waals surface area contributed by atoms with E-state index >= 15 is 0 Å². The van der Waals surface area contributed by atoms with Crippen molar-refractivity contribution in [2.24, 2.45) is 0 Å². The lowest BCUT2D eigenvalue weighted by Gasteiger charge is -2.14. The van der Waals surface area contributed by atoms with Gasteiger partial charge in [0.05, 0.1) is 11.3 Å². The Balaban J connectivity index is 2.47. The zero-order valence-corrected chi connectivity index (χ0v) is 12.0. The van der Waals surface area contributed by atoms with Crippen LogP contribution in [-0.4, -0.2) is 26.1 Å². The second-order valence-corrected chi connectivity index (χ2v) is 4.82. The molecule has 2 aromatic rings. The maximum absolute atomic E-state index is 12.9. The van der Waals surface area contributed by atoms with Gasteiger partial charge < -0.3 is 10.2 Å². The molecule has 0 saturated heterocycles. The first kappa shape index (κ1) is 15.2. The monoisotopic (exact) mass is 295 g/mol. The summed E-state index contributed by atoms with van der Waals surface area (Å²) < 4.78 is 38.7. The Bertz CT molecular complexity index is 619. The second-order valence-electron chi connectivity index (χ2n) is 4.82. The van der Waals surface area contributed by atoms with Crippen LogP contribution < -0.4 is 10.2 Å². The number of nitrogens with zero attached hydrogens (tertiary/aromatic N) is 2. The van der Waals surface area contributed by atoms with Crippen LogP contribution in [0.4, 0.5) is 24.7 Å². The summed E-state index contributed by atoms with van der Waals surface area (Å²) in [5.74, 6) is 0.191. The molecule has 1 aromatic heterocycles. The molecule has 3 nitrogen and oxygen atoms in total. The Morgan fingerprint density at radius 3 is 2.14 bits per heavy atom. The second kappa shape index (κ2) is 5.63. The van der Waals surface area contributed by atoms with Gasteiger partial charge in [0.1, 0.15) is 5.82 Å². The molecule has 0 aliphatic rings. The number of nitrogens with one attached hydrogen (secondary N) is 1. The summed E-state index contributed by atoms with van der Waals surface area (Å²) in [6.45, 7) is 0. The van der Waals surface area contributed by atoms with E-state index in [9.17, 15) is 13.2 Å². The van der Waals surface area contributed by atoms with Crippen molar-refractivity contribution < 1.29 is 13.2 Å². The number of benzene rings is 1. The lowest BCUT2D eigenvalue weighted by atomic mass is 10.1. The van der Waals surface area contributed by atoms with E-state index in [4.69, 9.17) is 0 Å². The topological polar surface area (TPSA) is 28.2 Å². The molecule has 6 heteroatoms. The van der Waals surface area contributed by atoms with E-state index in [2.05, 4.69) is 10.3 Å². The van der Waals surface area contributed by atoms with Gasteiger partial charge in [0.25, 0.3) is 0 Å². The highest BCUT2D eigenvalue weighted by atomic mass is 19.4. The lowest BCUT2D eigenvalue weighted by Crippen LogP contribution is -2.08. The predicted molar refractivity (Wildman–Crippen MR) is 78.5 cm³/mol. The van der Waals surface area contributed by atoms with Crippen LogP contribution in [0, 0.1) is 0 Å². The van der Waals surface area contributed by atoms with E-state index in [1.807, 2.05) is 31.1 Å². The molecule has 1 aromatic carbocycles. The van der Waals surface area contributed by atoms with Gasteiger partial charge in [-0.1, -0.05) is 12.1 Å². The van der Waals surface area contributed by atoms with Gasteiger partial charge in [-0.15, -0.1) is 0 Å². The Morgan fingerprint density at radius 2 is 1.67 bits per heavy atom. The molecule has 0 saturated carbocycles. The highest BCUT2D eigenvalue weighted by Crippen LogP contribution is 2.33. The van der Waals surface area contributed by atoms with Crippen LogP contribution in [0.1, 0.15) is 5.56 Å². The molecule has 0 spiro atoms. The van der Waals surface area contributed by atoms with E-state index in [0.717, 1.165) is 17.8 Å². The van der Waals surface area contributed by atoms with Crippen molar-refractivity contribution in [1.82, 2.24) is 4.98 Å². The Hall–Kier alpha value is -2.24. The van der Waals surface area contributed by atoms with Crippen LogP contribution >= 0.6 is 0 Å². The van der Waals surface area contributed by atoms with Crippen LogP contribution in [0.5, 0.6) is 0 Å². The fraction of sp³-hybridized carbons (Fsp3) is 0.267. The van der Waals surface area contributed by atoms with Crippen LogP contribution in [0.25, 0.3) is 11.3 Å². The minimum Gasteiger partial charge on any atom is -0.378 e. The van der Waals surface area contributed by atoms with E-state index in [1.54, 1.807) is 19.2 Å². The minimum absolute atomic E-state index is 0.191. The van der Waals surface area contributed by atoms with Crippen molar-refractivity contribution in [3.63, 3.8) is 0 Å². The SMILES string of the molecule is CNc1cc(C(F)(F)F)cc(-c2ccc(N(C)C)cc2)n1. The molecule has 112 valence electrons. The number of anilines is 2. The highest BCUT2D eigenvalue weighted by molar-refractivity contribution is 5.65. The molecule has 21 heavy (non-hydrogen) atoms. The van der Waals surface area contributed by atoms with E-state index in [0.29, 0.717) is 11.3 Å². The molecule has 1 heterocycles. The Labute approximate surface area is 121 Å². The standard InChI is InChI=1S/C15H16F3N3/c1-19-14-9-11(15(16,17)18)8-13(20-14)10-4-6-12(7-5-10)21(2)3/h4-9H,1-3H3,(H,19,20). The summed E-state index contributed by atoms with van der Waals surface area (Å²) in [6.07, 6.45) is -4.40. The van der Waals surface area contributed by atoms with Crippen molar-refractivity contribution in [1.29, 1.82) is 0 Å². The summed E-state index contributed by atoms with van der Waals surface area (Å²) in [5.41, 5.74) is 1.19. The number of alkyl halides is 3. The molecule has 0 bridgehead atoms. The number of pyridine rings is 1. The molecular weight excluding hydrogens is 279 g/mol. The van der Waals surface area contributed by atoms with Crippen molar-refractivity contribution in [2.75, 3.05) is 31.4 Å². The predicted octanol–water partition coefficient (Wildman–Crippen LogP) is 3.88. The zero-order chi connectivity index (χ0) is 15.6. The van der Waals surface area contributed by atoms with Gasteiger partial charge in [-0.25, -0.2) is 4.98 Å². The largest absolute Gasteiger partial charge is 0.416 e. The summed E-state index contributed by atoms with van der Waals surface area (Å²) in [4.78, 5) is 6.10. The number of hydrogen-bond donors (Lipinski definition) is 1. The molecule has 2 rings (SSSR count). The molecule has 0 unspecified atom stereocenters. The molecule has 0 aliphatic carbocycles. The van der Waals surface area contributed by atoms with Crippen molar-refractivity contribution in [3.8, 4) is 11.3 Å².